The predicted molar refractivity (Wildman–Crippen MR) is 91.0 cm³/mol. The molecule has 3 aromatic carbocycles. The van der Waals surface area contributed by atoms with Gasteiger partial charge in [0.25, 0.3) is 0 Å². The van der Waals surface area contributed by atoms with E-state index in [-0.39, 0.29) is 0 Å². The first-order chi connectivity index (χ1) is 10.2. The molecule has 2 nitrogen and oxygen atoms in total. The van der Waals surface area contributed by atoms with Gasteiger partial charge in [-0.15, -0.1) is 0 Å². The SMILES string of the molecule is C/C(=N\Nc1cccc(C)c1)c1ccc2ccccc2c1. The van der Waals surface area contributed by atoms with Gasteiger partial charge in [-0.1, -0.05) is 48.5 Å². The van der Waals surface area contributed by atoms with Gasteiger partial charge < -0.3 is 0 Å². The molecule has 3 aromatic rings. The number of benzene rings is 3. The summed E-state index contributed by atoms with van der Waals surface area (Å²) in [6.45, 7) is 4.10. The molecule has 21 heavy (non-hydrogen) atoms. The zero-order chi connectivity index (χ0) is 14.7. The van der Waals surface area contributed by atoms with Crippen LogP contribution in [0.2, 0.25) is 0 Å². The first-order valence-electron chi connectivity index (χ1n) is 7.08. The summed E-state index contributed by atoms with van der Waals surface area (Å²) < 4.78 is 0. The summed E-state index contributed by atoms with van der Waals surface area (Å²) in [6.07, 6.45) is 0. The summed E-state index contributed by atoms with van der Waals surface area (Å²) in [4.78, 5) is 0. The molecule has 0 aliphatic carbocycles. The van der Waals surface area contributed by atoms with Crippen molar-refractivity contribution in [3.8, 4) is 0 Å². The van der Waals surface area contributed by atoms with Crippen LogP contribution in [0.25, 0.3) is 10.8 Å². The minimum absolute atomic E-state index is 0.974. The zero-order valence-electron chi connectivity index (χ0n) is 12.3. The molecule has 0 amide bonds. The quantitative estimate of drug-likeness (QED) is 0.528. The van der Waals surface area contributed by atoms with Crippen molar-refractivity contribution < 1.29 is 0 Å². The van der Waals surface area contributed by atoms with Crippen molar-refractivity contribution in [1.82, 2.24) is 0 Å². The minimum atomic E-state index is 0.974. The molecule has 0 atom stereocenters. The van der Waals surface area contributed by atoms with Gasteiger partial charge in [0.05, 0.1) is 11.4 Å². The van der Waals surface area contributed by atoms with E-state index in [1.54, 1.807) is 0 Å². The molecule has 0 saturated heterocycles. The average Bonchev–Trinajstić information content (AvgIpc) is 2.52. The van der Waals surface area contributed by atoms with Crippen LogP contribution in [0.5, 0.6) is 0 Å². The number of hydrogen-bond acceptors (Lipinski definition) is 2. The van der Waals surface area contributed by atoms with E-state index in [0.29, 0.717) is 0 Å². The monoisotopic (exact) mass is 274 g/mol. The number of hydrazone groups is 1. The van der Waals surface area contributed by atoms with Crippen LogP contribution >= 0.6 is 0 Å². The van der Waals surface area contributed by atoms with Crippen LogP contribution in [-0.2, 0) is 0 Å². The average molecular weight is 274 g/mol. The molecular formula is C19H18N2. The lowest BCUT2D eigenvalue weighted by Crippen LogP contribution is -1.99. The minimum Gasteiger partial charge on any atom is -0.278 e. The van der Waals surface area contributed by atoms with Gasteiger partial charge >= 0.3 is 0 Å². The second kappa shape index (κ2) is 5.80. The molecule has 0 saturated carbocycles. The normalized spacial score (nSPS) is 11.6. The molecule has 3 rings (SSSR count). The number of nitrogens with zero attached hydrogens (tertiary/aromatic N) is 1. The van der Waals surface area contributed by atoms with Crippen LogP contribution in [0.15, 0.2) is 71.8 Å². The van der Waals surface area contributed by atoms with Crippen molar-refractivity contribution >= 4 is 22.2 Å². The lowest BCUT2D eigenvalue weighted by atomic mass is 10.0. The van der Waals surface area contributed by atoms with Gasteiger partial charge in [-0.25, -0.2) is 0 Å². The number of aryl methyl sites for hydroxylation is 1. The summed E-state index contributed by atoms with van der Waals surface area (Å²) in [5, 5.41) is 6.97. The van der Waals surface area contributed by atoms with E-state index in [4.69, 9.17) is 0 Å². The lowest BCUT2D eigenvalue weighted by Gasteiger charge is -2.06. The van der Waals surface area contributed by atoms with Crippen LogP contribution in [-0.4, -0.2) is 5.71 Å². The number of anilines is 1. The van der Waals surface area contributed by atoms with Gasteiger partial charge in [0, 0.05) is 0 Å². The third kappa shape index (κ3) is 3.11. The van der Waals surface area contributed by atoms with E-state index in [9.17, 15) is 0 Å². The summed E-state index contributed by atoms with van der Waals surface area (Å²) in [5.74, 6) is 0. The van der Waals surface area contributed by atoms with E-state index in [0.717, 1.165) is 17.0 Å². The van der Waals surface area contributed by atoms with Gasteiger partial charge in [-0.05, 0) is 53.9 Å². The van der Waals surface area contributed by atoms with E-state index < -0.39 is 0 Å². The van der Waals surface area contributed by atoms with Crippen LogP contribution in [0.1, 0.15) is 18.1 Å². The Morgan fingerprint density at radius 3 is 2.48 bits per heavy atom. The highest BCUT2D eigenvalue weighted by molar-refractivity contribution is 6.02. The fourth-order valence-corrected chi connectivity index (χ4v) is 2.34. The predicted octanol–water partition coefficient (Wildman–Crippen LogP) is 4.98. The molecule has 0 radical (unpaired) electrons. The molecule has 104 valence electrons. The van der Waals surface area contributed by atoms with Crippen LogP contribution in [0.3, 0.4) is 0 Å². The molecule has 0 aliphatic heterocycles. The highest BCUT2D eigenvalue weighted by Crippen LogP contribution is 2.16. The second-order valence-electron chi connectivity index (χ2n) is 5.24. The Bertz CT molecular complexity index is 803. The topological polar surface area (TPSA) is 24.4 Å². The van der Waals surface area contributed by atoms with Gasteiger partial charge in [0.1, 0.15) is 0 Å². The third-order valence-corrected chi connectivity index (χ3v) is 3.54. The Balaban J connectivity index is 1.85. The highest BCUT2D eigenvalue weighted by Gasteiger charge is 2.00. The zero-order valence-corrected chi connectivity index (χ0v) is 12.3. The van der Waals surface area contributed by atoms with Crippen molar-refractivity contribution in [1.29, 1.82) is 0 Å². The standard InChI is InChI=1S/C19H18N2/c1-14-6-5-9-19(12-14)21-20-15(2)17-11-10-16-7-3-4-8-18(16)13-17/h3-13,21H,1-2H3/b20-15+. The van der Waals surface area contributed by atoms with E-state index in [1.807, 2.05) is 19.1 Å². The number of fused-ring (bicyclic) bond motifs is 1. The highest BCUT2D eigenvalue weighted by atomic mass is 15.3. The van der Waals surface area contributed by atoms with Gasteiger partial charge in [-0.2, -0.15) is 5.10 Å². The van der Waals surface area contributed by atoms with Gasteiger partial charge in [0.15, 0.2) is 0 Å². The Morgan fingerprint density at radius 1 is 0.857 bits per heavy atom. The maximum absolute atomic E-state index is 4.48. The second-order valence-corrected chi connectivity index (χ2v) is 5.24. The smallest absolute Gasteiger partial charge is 0.0648 e. The van der Waals surface area contributed by atoms with Gasteiger partial charge in [-0.3, -0.25) is 5.43 Å². The molecular weight excluding hydrogens is 256 g/mol. The third-order valence-electron chi connectivity index (χ3n) is 3.54. The Hall–Kier alpha value is -2.61. The van der Waals surface area contributed by atoms with E-state index in [2.05, 4.69) is 72.0 Å². The van der Waals surface area contributed by atoms with Crippen molar-refractivity contribution in [3.05, 3.63) is 77.9 Å². The van der Waals surface area contributed by atoms with Crippen LogP contribution in [0.4, 0.5) is 5.69 Å². The molecule has 1 N–H and O–H groups in total. The Labute approximate surface area is 125 Å². The largest absolute Gasteiger partial charge is 0.278 e. The summed E-state index contributed by atoms with van der Waals surface area (Å²) in [6, 6.07) is 23.0. The van der Waals surface area contributed by atoms with Crippen molar-refractivity contribution in [3.63, 3.8) is 0 Å². The number of hydrogen-bond donors (Lipinski definition) is 1. The first-order valence-corrected chi connectivity index (χ1v) is 7.08. The number of rotatable bonds is 3. The van der Waals surface area contributed by atoms with Gasteiger partial charge in [0.2, 0.25) is 0 Å². The lowest BCUT2D eigenvalue weighted by molar-refractivity contribution is 1.31. The molecule has 0 unspecified atom stereocenters. The summed E-state index contributed by atoms with van der Waals surface area (Å²) in [5.41, 5.74) is 7.46. The Morgan fingerprint density at radius 2 is 1.67 bits per heavy atom. The molecule has 2 heteroatoms. The van der Waals surface area contributed by atoms with Crippen molar-refractivity contribution in [2.45, 2.75) is 13.8 Å². The molecule has 0 aromatic heterocycles. The van der Waals surface area contributed by atoms with Crippen molar-refractivity contribution in [2.75, 3.05) is 5.43 Å². The first kappa shape index (κ1) is 13.4. The molecule has 0 spiro atoms. The molecule has 0 aliphatic rings. The van der Waals surface area contributed by atoms with E-state index >= 15 is 0 Å². The number of nitrogens with one attached hydrogen (secondary N) is 1. The molecule has 0 heterocycles. The van der Waals surface area contributed by atoms with E-state index in [1.165, 1.54) is 16.3 Å². The molecule has 0 fully saturated rings. The van der Waals surface area contributed by atoms with Crippen LogP contribution < -0.4 is 5.43 Å². The summed E-state index contributed by atoms with van der Waals surface area (Å²) in [7, 11) is 0. The van der Waals surface area contributed by atoms with Crippen molar-refractivity contribution in [2.24, 2.45) is 5.10 Å². The Kier molecular flexibility index (Phi) is 3.69. The van der Waals surface area contributed by atoms with Crippen LogP contribution in [0, 0.1) is 6.92 Å². The fraction of sp³-hybridized carbons (Fsp3) is 0.105. The fourth-order valence-electron chi connectivity index (χ4n) is 2.34. The molecule has 0 bridgehead atoms. The maximum atomic E-state index is 4.48. The maximum Gasteiger partial charge on any atom is 0.0648 e. The summed E-state index contributed by atoms with van der Waals surface area (Å²) >= 11 is 0.